The van der Waals surface area contributed by atoms with E-state index in [1.165, 1.54) is 11.1 Å². The van der Waals surface area contributed by atoms with Crippen LogP contribution in [-0.2, 0) is 19.6 Å². The van der Waals surface area contributed by atoms with E-state index in [4.69, 9.17) is 5.26 Å². The summed E-state index contributed by atoms with van der Waals surface area (Å²) in [6.07, 6.45) is 0. The highest BCUT2D eigenvalue weighted by molar-refractivity contribution is 5.32. The number of nitrogens with zero attached hydrogens (tertiary/aromatic N) is 2. The van der Waals surface area contributed by atoms with Gasteiger partial charge in [-0.15, -0.1) is 0 Å². The highest BCUT2D eigenvalue weighted by Gasteiger charge is 1.99. The van der Waals surface area contributed by atoms with Gasteiger partial charge >= 0.3 is 0 Å². The van der Waals surface area contributed by atoms with Crippen LogP contribution >= 0.6 is 0 Å². The molecule has 21 heavy (non-hydrogen) atoms. The molecule has 0 bridgehead atoms. The van der Waals surface area contributed by atoms with Gasteiger partial charge in [-0.05, 0) is 42.9 Å². The van der Waals surface area contributed by atoms with Crippen LogP contribution in [0.2, 0.25) is 0 Å². The third kappa shape index (κ3) is 5.03. The molecule has 0 spiro atoms. The summed E-state index contributed by atoms with van der Waals surface area (Å²) in [7, 11) is 4.15. The summed E-state index contributed by atoms with van der Waals surface area (Å²) in [6.45, 7) is 2.56. The van der Waals surface area contributed by atoms with E-state index in [9.17, 15) is 0 Å². The first-order valence-electron chi connectivity index (χ1n) is 7.09. The second kappa shape index (κ2) is 7.58. The van der Waals surface area contributed by atoms with Crippen molar-refractivity contribution in [1.29, 1.82) is 5.26 Å². The standard InChI is InChI=1S/C18H21N3/c1-21(2)14-18-8-4-7-17(10-18)13-20-12-16-6-3-5-15(9-16)11-19/h3-10,20H,12-14H2,1-2H3. The Morgan fingerprint density at radius 1 is 0.952 bits per heavy atom. The monoisotopic (exact) mass is 279 g/mol. The van der Waals surface area contributed by atoms with Crippen molar-refractivity contribution in [1.82, 2.24) is 10.2 Å². The Bertz CT molecular complexity index is 626. The fraction of sp³-hybridized carbons (Fsp3) is 0.278. The first-order valence-corrected chi connectivity index (χ1v) is 7.09. The second-order valence-corrected chi connectivity index (χ2v) is 5.47. The zero-order valence-electron chi connectivity index (χ0n) is 12.6. The molecule has 0 saturated heterocycles. The molecule has 2 aromatic carbocycles. The van der Waals surface area contributed by atoms with Gasteiger partial charge in [0.2, 0.25) is 0 Å². The fourth-order valence-electron chi connectivity index (χ4n) is 2.31. The molecular formula is C18H21N3. The normalized spacial score (nSPS) is 10.6. The molecule has 0 unspecified atom stereocenters. The Morgan fingerprint density at radius 3 is 2.24 bits per heavy atom. The molecule has 0 aliphatic heterocycles. The summed E-state index contributed by atoms with van der Waals surface area (Å²) in [5, 5.41) is 12.3. The van der Waals surface area contributed by atoms with Crippen LogP contribution in [0.1, 0.15) is 22.3 Å². The van der Waals surface area contributed by atoms with Crippen LogP contribution in [0, 0.1) is 11.3 Å². The minimum Gasteiger partial charge on any atom is -0.309 e. The van der Waals surface area contributed by atoms with E-state index >= 15 is 0 Å². The summed E-state index contributed by atoms with van der Waals surface area (Å²) in [4.78, 5) is 2.17. The average molecular weight is 279 g/mol. The van der Waals surface area contributed by atoms with Crippen LogP contribution in [-0.4, -0.2) is 19.0 Å². The third-order valence-corrected chi connectivity index (χ3v) is 3.20. The van der Waals surface area contributed by atoms with Gasteiger partial charge in [-0.25, -0.2) is 0 Å². The van der Waals surface area contributed by atoms with E-state index in [0.29, 0.717) is 5.56 Å². The molecule has 0 aromatic heterocycles. The number of nitriles is 1. The van der Waals surface area contributed by atoms with E-state index in [-0.39, 0.29) is 0 Å². The van der Waals surface area contributed by atoms with E-state index < -0.39 is 0 Å². The maximum Gasteiger partial charge on any atom is 0.0991 e. The van der Waals surface area contributed by atoms with Gasteiger partial charge in [0, 0.05) is 19.6 Å². The molecule has 0 aliphatic rings. The van der Waals surface area contributed by atoms with Crippen molar-refractivity contribution in [3.63, 3.8) is 0 Å². The Labute approximate surface area is 126 Å². The van der Waals surface area contributed by atoms with Crippen LogP contribution in [0.4, 0.5) is 0 Å². The van der Waals surface area contributed by atoms with Crippen molar-refractivity contribution in [2.24, 2.45) is 0 Å². The van der Waals surface area contributed by atoms with Crippen LogP contribution < -0.4 is 5.32 Å². The molecule has 0 saturated carbocycles. The number of nitrogens with one attached hydrogen (secondary N) is 1. The van der Waals surface area contributed by atoms with E-state index in [0.717, 1.165) is 25.2 Å². The van der Waals surface area contributed by atoms with Crippen molar-refractivity contribution in [3.05, 3.63) is 70.8 Å². The quantitative estimate of drug-likeness (QED) is 0.883. The average Bonchev–Trinajstić information content (AvgIpc) is 2.47. The van der Waals surface area contributed by atoms with Gasteiger partial charge in [0.25, 0.3) is 0 Å². The first-order chi connectivity index (χ1) is 10.2. The molecular weight excluding hydrogens is 258 g/mol. The van der Waals surface area contributed by atoms with Crippen LogP contribution in [0.3, 0.4) is 0 Å². The minimum absolute atomic E-state index is 0.710. The van der Waals surface area contributed by atoms with Gasteiger partial charge in [0.15, 0.2) is 0 Å². The summed E-state index contributed by atoms with van der Waals surface area (Å²) >= 11 is 0. The Balaban J connectivity index is 1.89. The molecule has 2 aromatic rings. The van der Waals surface area contributed by atoms with Gasteiger partial charge < -0.3 is 10.2 Å². The van der Waals surface area contributed by atoms with E-state index in [1.807, 2.05) is 24.3 Å². The van der Waals surface area contributed by atoms with Crippen LogP contribution in [0.25, 0.3) is 0 Å². The molecule has 1 N–H and O–H groups in total. The van der Waals surface area contributed by atoms with Crippen molar-refractivity contribution < 1.29 is 0 Å². The van der Waals surface area contributed by atoms with E-state index in [2.05, 4.69) is 54.6 Å². The van der Waals surface area contributed by atoms with E-state index in [1.54, 1.807) is 0 Å². The van der Waals surface area contributed by atoms with Crippen molar-refractivity contribution in [2.45, 2.75) is 19.6 Å². The summed E-state index contributed by atoms with van der Waals surface area (Å²) in [5.74, 6) is 0. The lowest BCUT2D eigenvalue weighted by Gasteiger charge is -2.11. The minimum atomic E-state index is 0.710. The zero-order chi connectivity index (χ0) is 15.1. The second-order valence-electron chi connectivity index (χ2n) is 5.47. The molecule has 3 nitrogen and oxygen atoms in total. The first kappa shape index (κ1) is 15.2. The van der Waals surface area contributed by atoms with Gasteiger partial charge in [-0.1, -0.05) is 36.4 Å². The topological polar surface area (TPSA) is 39.1 Å². The predicted octanol–water partition coefficient (Wildman–Crippen LogP) is 2.91. The Morgan fingerprint density at radius 2 is 1.57 bits per heavy atom. The molecule has 0 radical (unpaired) electrons. The lowest BCUT2D eigenvalue weighted by atomic mass is 10.1. The molecule has 0 amide bonds. The van der Waals surface area contributed by atoms with Gasteiger partial charge in [-0.2, -0.15) is 5.26 Å². The molecule has 0 fully saturated rings. The lowest BCUT2D eigenvalue weighted by Crippen LogP contribution is -2.14. The predicted molar refractivity (Wildman–Crippen MR) is 85.5 cm³/mol. The SMILES string of the molecule is CN(C)Cc1cccc(CNCc2cccc(C#N)c2)c1. The van der Waals surface area contributed by atoms with Gasteiger partial charge in [0.1, 0.15) is 0 Å². The molecule has 0 heterocycles. The number of benzene rings is 2. The molecule has 108 valence electrons. The number of hydrogen-bond donors (Lipinski definition) is 1. The zero-order valence-corrected chi connectivity index (χ0v) is 12.6. The van der Waals surface area contributed by atoms with Crippen molar-refractivity contribution in [3.8, 4) is 6.07 Å². The Kier molecular flexibility index (Phi) is 5.51. The molecule has 3 heteroatoms. The smallest absolute Gasteiger partial charge is 0.0991 e. The number of rotatable bonds is 6. The largest absolute Gasteiger partial charge is 0.309 e. The lowest BCUT2D eigenvalue weighted by molar-refractivity contribution is 0.402. The highest BCUT2D eigenvalue weighted by atomic mass is 15.0. The third-order valence-electron chi connectivity index (χ3n) is 3.20. The summed E-state index contributed by atoms with van der Waals surface area (Å²) in [5.41, 5.74) is 4.46. The highest BCUT2D eigenvalue weighted by Crippen LogP contribution is 2.08. The van der Waals surface area contributed by atoms with Gasteiger partial charge in [0.05, 0.1) is 11.6 Å². The maximum atomic E-state index is 8.89. The van der Waals surface area contributed by atoms with Crippen molar-refractivity contribution >= 4 is 0 Å². The molecule has 2 rings (SSSR count). The van der Waals surface area contributed by atoms with Crippen LogP contribution in [0.15, 0.2) is 48.5 Å². The fourth-order valence-corrected chi connectivity index (χ4v) is 2.31. The number of hydrogen-bond acceptors (Lipinski definition) is 3. The molecule has 0 atom stereocenters. The Hall–Kier alpha value is -2.15. The van der Waals surface area contributed by atoms with Gasteiger partial charge in [-0.3, -0.25) is 0 Å². The van der Waals surface area contributed by atoms with Crippen LogP contribution in [0.5, 0.6) is 0 Å². The summed E-state index contributed by atoms with van der Waals surface area (Å²) < 4.78 is 0. The summed E-state index contributed by atoms with van der Waals surface area (Å²) in [6, 6.07) is 18.5. The van der Waals surface area contributed by atoms with Crippen molar-refractivity contribution in [2.75, 3.05) is 14.1 Å². The maximum absolute atomic E-state index is 8.89. The molecule has 0 aliphatic carbocycles.